The first-order valence-corrected chi connectivity index (χ1v) is 8.00. The smallest absolute Gasteiger partial charge is 0.326 e. The van der Waals surface area contributed by atoms with Crippen molar-refractivity contribution in [1.29, 1.82) is 0 Å². The number of carboxylic acid groups (broad SMARTS) is 1. The Morgan fingerprint density at radius 2 is 1.90 bits per heavy atom. The Morgan fingerprint density at radius 3 is 2.43 bits per heavy atom. The number of carboxylic acids is 1. The summed E-state index contributed by atoms with van der Waals surface area (Å²) in [4.78, 5) is 33.7. The maximum absolute atomic E-state index is 11.7. The van der Waals surface area contributed by atoms with Gasteiger partial charge in [-0.2, -0.15) is 11.8 Å². The number of aliphatic carboxylic acids is 1. The van der Waals surface area contributed by atoms with Crippen LogP contribution in [-0.4, -0.2) is 53.8 Å². The third-order valence-electron chi connectivity index (χ3n) is 2.75. The predicted molar refractivity (Wildman–Crippen MR) is 81.4 cm³/mol. The number of hydrogen-bond acceptors (Lipinski definition) is 5. The van der Waals surface area contributed by atoms with Crippen molar-refractivity contribution in [2.24, 2.45) is 0 Å². The van der Waals surface area contributed by atoms with Gasteiger partial charge in [-0.3, -0.25) is 4.79 Å². The van der Waals surface area contributed by atoms with E-state index in [9.17, 15) is 14.4 Å². The molecule has 3 N–H and O–H groups in total. The highest BCUT2D eigenvalue weighted by atomic mass is 32.2. The fraction of sp³-hybridized carbons (Fsp3) is 0.769. The van der Waals surface area contributed by atoms with Crippen LogP contribution < -0.4 is 10.6 Å². The number of amides is 2. The molecule has 0 aromatic carbocycles. The highest BCUT2D eigenvalue weighted by molar-refractivity contribution is 7.99. The summed E-state index contributed by atoms with van der Waals surface area (Å²) in [7, 11) is 1.23. The number of hydrogen-bond donors (Lipinski definition) is 3. The van der Waals surface area contributed by atoms with Gasteiger partial charge < -0.3 is 20.5 Å². The molecule has 0 saturated carbocycles. The maximum atomic E-state index is 11.7. The highest BCUT2D eigenvalue weighted by Crippen LogP contribution is 2.04. The summed E-state index contributed by atoms with van der Waals surface area (Å²) >= 11 is 1.78. The molecule has 0 bridgehead atoms. The SMILES string of the molecule is CCSCCC(C)NC(=O)N[C@H](CCC(=O)OC)C(=O)O. The molecule has 0 rings (SSSR count). The molecule has 0 aliphatic carbocycles. The summed E-state index contributed by atoms with van der Waals surface area (Å²) < 4.78 is 4.44. The summed E-state index contributed by atoms with van der Waals surface area (Å²) in [6.07, 6.45) is 0.748. The van der Waals surface area contributed by atoms with E-state index in [1.165, 1.54) is 7.11 Å². The quantitative estimate of drug-likeness (QED) is 0.413. The summed E-state index contributed by atoms with van der Waals surface area (Å²) in [6.45, 7) is 3.92. The molecule has 0 spiro atoms. The molecular weight excluding hydrogens is 296 g/mol. The molecule has 0 saturated heterocycles. The second-order valence-corrected chi connectivity index (χ2v) is 5.90. The summed E-state index contributed by atoms with van der Waals surface area (Å²) in [6, 6.07) is -1.69. The lowest BCUT2D eigenvalue weighted by atomic mass is 10.1. The highest BCUT2D eigenvalue weighted by Gasteiger charge is 2.21. The first kappa shape index (κ1) is 19.6. The molecule has 0 aliphatic heterocycles. The number of thioether (sulfide) groups is 1. The predicted octanol–water partition coefficient (Wildman–Crippen LogP) is 1.22. The summed E-state index contributed by atoms with van der Waals surface area (Å²) in [5.41, 5.74) is 0. The number of carbonyl (C=O) groups is 3. The van der Waals surface area contributed by atoms with Crippen molar-refractivity contribution < 1.29 is 24.2 Å². The lowest BCUT2D eigenvalue weighted by Gasteiger charge is -2.18. The Morgan fingerprint density at radius 1 is 1.24 bits per heavy atom. The van der Waals surface area contributed by atoms with Crippen molar-refractivity contribution in [2.45, 2.75) is 45.2 Å². The molecule has 0 aliphatic rings. The zero-order chi connectivity index (χ0) is 16.3. The molecule has 0 aromatic rings. The molecular formula is C13H24N2O5S. The van der Waals surface area contributed by atoms with Crippen LogP contribution in [0.4, 0.5) is 4.79 Å². The summed E-state index contributed by atoms with van der Waals surface area (Å²) in [5, 5.41) is 14.1. The fourth-order valence-corrected chi connectivity index (χ4v) is 2.33. The lowest BCUT2D eigenvalue weighted by Crippen LogP contribution is -2.48. The van der Waals surface area contributed by atoms with Crippen LogP contribution in [0.2, 0.25) is 0 Å². The number of ether oxygens (including phenoxy) is 1. The molecule has 8 heteroatoms. The minimum atomic E-state index is -1.18. The van der Waals surface area contributed by atoms with Crippen LogP contribution in [0.25, 0.3) is 0 Å². The van der Waals surface area contributed by atoms with E-state index in [1.54, 1.807) is 11.8 Å². The molecule has 122 valence electrons. The molecule has 2 atom stereocenters. The molecule has 7 nitrogen and oxygen atoms in total. The van der Waals surface area contributed by atoms with E-state index in [2.05, 4.69) is 22.3 Å². The standard InChI is InChI=1S/C13H24N2O5S/c1-4-21-8-7-9(2)14-13(19)15-10(12(17)18)5-6-11(16)20-3/h9-10H,4-8H2,1-3H3,(H,17,18)(H2,14,15,19)/t9?,10-/m1/s1. The van der Waals surface area contributed by atoms with Crippen molar-refractivity contribution in [3.63, 3.8) is 0 Å². The van der Waals surface area contributed by atoms with Crippen LogP contribution in [0.3, 0.4) is 0 Å². The largest absolute Gasteiger partial charge is 0.480 e. The number of nitrogens with one attached hydrogen (secondary N) is 2. The first-order valence-electron chi connectivity index (χ1n) is 6.85. The van der Waals surface area contributed by atoms with Crippen LogP contribution >= 0.6 is 11.8 Å². The van der Waals surface area contributed by atoms with Gasteiger partial charge in [-0.15, -0.1) is 0 Å². The Kier molecular flexibility index (Phi) is 10.5. The molecule has 0 heterocycles. The van der Waals surface area contributed by atoms with Crippen molar-refractivity contribution in [3.8, 4) is 0 Å². The van der Waals surface area contributed by atoms with Gasteiger partial charge >= 0.3 is 18.0 Å². The van der Waals surface area contributed by atoms with Gasteiger partial charge in [0, 0.05) is 12.5 Å². The number of rotatable bonds is 10. The zero-order valence-electron chi connectivity index (χ0n) is 12.7. The van der Waals surface area contributed by atoms with Gasteiger partial charge in [0.05, 0.1) is 7.11 Å². The van der Waals surface area contributed by atoms with E-state index in [1.807, 2.05) is 6.92 Å². The maximum Gasteiger partial charge on any atom is 0.326 e. The van der Waals surface area contributed by atoms with Crippen LogP contribution in [-0.2, 0) is 14.3 Å². The van der Waals surface area contributed by atoms with Crippen LogP contribution in [0.1, 0.15) is 33.1 Å². The van der Waals surface area contributed by atoms with Gasteiger partial charge in [-0.1, -0.05) is 6.92 Å². The van der Waals surface area contributed by atoms with E-state index >= 15 is 0 Å². The second kappa shape index (κ2) is 11.2. The van der Waals surface area contributed by atoms with E-state index in [-0.39, 0.29) is 18.9 Å². The molecule has 0 fully saturated rings. The fourth-order valence-electron chi connectivity index (χ4n) is 1.52. The van der Waals surface area contributed by atoms with Gasteiger partial charge in [0.15, 0.2) is 0 Å². The minimum absolute atomic E-state index is 0.00447. The monoisotopic (exact) mass is 320 g/mol. The van der Waals surface area contributed by atoms with Gasteiger partial charge in [-0.25, -0.2) is 9.59 Å². The van der Waals surface area contributed by atoms with Crippen molar-refractivity contribution in [1.82, 2.24) is 10.6 Å². The first-order chi connectivity index (χ1) is 9.90. The zero-order valence-corrected chi connectivity index (χ0v) is 13.5. The minimum Gasteiger partial charge on any atom is -0.480 e. The Hall–Kier alpha value is -1.44. The summed E-state index contributed by atoms with van der Waals surface area (Å²) in [5.74, 6) is 0.271. The average molecular weight is 320 g/mol. The number of methoxy groups -OCH3 is 1. The molecule has 21 heavy (non-hydrogen) atoms. The van der Waals surface area contributed by atoms with E-state index in [4.69, 9.17) is 5.11 Å². The Balaban J connectivity index is 4.16. The van der Waals surface area contributed by atoms with Crippen LogP contribution in [0.5, 0.6) is 0 Å². The Bertz CT molecular complexity index is 351. The van der Waals surface area contributed by atoms with Gasteiger partial charge in [-0.05, 0) is 31.3 Å². The third-order valence-corrected chi connectivity index (χ3v) is 3.68. The second-order valence-electron chi connectivity index (χ2n) is 4.51. The Labute approximate surface area is 129 Å². The number of urea groups is 1. The van der Waals surface area contributed by atoms with E-state index in [0.717, 1.165) is 17.9 Å². The van der Waals surface area contributed by atoms with Crippen molar-refractivity contribution >= 4 is 29.7 Å². The van der Waals surface area contributed by atoms with Gasteiger partial charge in [0.2, 0.25) is 0 Å². The number of carbonyl (C=O) groups excluding carboxylic acids is 2. The van der Waals surface area contributed by atoms with Crippen molar-refractivity contribution in [2.75, 3.05) is 18.6 Å². The van der Waals surface area contributed by atoms with Crippen molar-refractivity contribution in [3.05, 3.63) is 0 Å². The third kappa shape index (κ3) is 10.0. The lowest BCUT2D eigenvalue weighted by molar-refractivity contribution is -0.142. The topological polar surface area (TPSA) is 105 Å². The number of esters is 1. The van der Waals surface area contributed by atoms with E-state index < -0.39 is 24.0 Å². The van der Waals surface area contributed by atoms with E-state index in [0.29, 0.717) is 0 Å². The average Bonchev–Trinajstić information content (AvgIpc) is 2.42. The molecule has 0 aromatic heterocycles. The van der Waals surface area contributed by atoms with Gasteiger partial charge in [0.1, 0.15) is 6.04 Å². The van der Waals surface area contributed by atoms with Crippen LogP contribution in [0.15, 0.2) is 0 Å². The van der Waals surface area contributed by atoms with Gasteiger partial charge in [0.25, 0.3) is 0 Å². The van der Waals surface area contributed by atoms with Crippen LogP contribution in [0, 0.1) is 0 Å². The molecule has 0 radical (unpaired) electrons. The normalized spacial score (nSPS) is 13.1. The molecule has 2 amide bonds. The molecule has 1 unspecified atom stereocenters.